The highest BCUT2D eigenvalue weighted by Gasteiger charge is 2.24. The molecule has 1 aromatic carbocycles. The lowest BCUT2D eigenvalue weighted by Gasteiger charge is -2.32. The number of aryl methyl sites for hydroxylation is 1. The molecule has 2 aromatic rings. The van der Waals surface area contributed by atoms with Gasteiger partial charge in [0.1, 0.15) is 5.76 Å². The Bertz CT molecular complexity index is 688. The van der Waals surface area contributed by atoms with E-state index in [0.29, 0.717) is 18.2 Å². The third kappa shape index (κ3) is 4.48. The predicted octanol–water partition coefficient (Wildman–Crippen LogP) is 3.04. The summed E-state index contributed by atoms with van der Waals surface area (Å²) in [6.45, 7) is 7.76. The van der Waals surface area contributed by atoms with Gasteiger partial charge in [-0.2, -0.15) is 0 Å². The molecule has 1 amide bonds. The van der Waals surface area contributed by atoms with Gasteiger partial charge >= 0.3 is 0 Å². The molecule has 1 aliphatic rings. The van der Waals surface area contributed by atoms with E-state index in [1.807, 2.05) is 42.2 Å². The molecular formula is C20H27N3O2. The van der Waals surface area contributed by atoms with E-state index in [2.05, 4.69) is 17.2 Å². The molecule has 1 N–H and O–H groups in total. The first-order valence-corrected chi connectivity index (χ1v) is 9.17. The number of carbonyl (C=O) groups is 1. The van der Waals surface area contributed by atoms with Crippen molar-refractivity contribution in [2.24, 2.45) is 5.92 Å². The molecular weight excluding hydrogens is 314 g/mol. The van der Waals surface area contributed by atoms with Crippen LogP contribution in [0.25, 0.3) is 11.5 Å². The van der Waals surface area contributed by atoms with Crippen LogP contribution in [0.3, 0.4) is 0 Å². The van der Waals surface area contributed by atoms with Crippen LogP contribution in [0.1, 0.15) is 31.2 Å². The van der Waals surface area contributed by atoms with Crippen molar-refractivity contribution in [3.05, 3.63) is 41.8 Å². The van der Waals surface area contributed by atoms with Gasteiger partial charge in [0.15, 0.2) is 0 Å². The fraction of sp³-hybridized carbons (Fsp3) is 0.500. The molecule has 3 rings (SSSR count). The van der Waals surface area contributed by atoms with Crippen LogP contribution in [0.4, 0.5) is 0 Å². The highest BCUT2D eigenvalue weighted by atomic mass is 16.4. The second-order valence-electron chi connectivity index (χ2n) is 6.70. The Morgan fingerprint density at radius 2 is 2.00 bits per heavy atom. The number of oxazole rings is 1. The molecule has 2 heterocycles. The number of amides is 1. The van der Waals surface area contributed by atoms with Crippen molar-refractivity contribution < 1.29 is 9.21 Å². The van der Waals surface area contributed by atoms with Gasteiger partial charge < -0.3 is 14.6 Å². The molecule has 5 nitrogen and oxygen atoms in total. The molecule has 0 atom stereocenters. The number of rotatable bonds is 6. The van der Waals surface area contributed by atoms with E-state index in [4.69, 9.17) is 4.42 Å². The van der Waals surface area contributed by atoms with Crippen LogP contribution in [-0.4, -0.2) is 42.0 Å². The molecule has 0 saturated carbocycles. The predicted molar refractivity (Wildman–Crippen MR) is 98.2 cm³/mol. The molecule has 1 aromatic heterocycles. The van der Waals surface area contributed by atoms with Gasteiger partial charge in [0.25, 0.3) is 0 Å². The normalized spacial score (nSPS) is 15.5. The summed E-state index contributed by atoms with van der Waals surface area (Å²) in [6, 6.07) is 9.80. The molecule has 0 radical (unpaired) electrons. The van der Waals surface area contributed by atoms with Crippen molar-refractivity contribution in [2.75, 3.05) is 26.2 Å². The number of aromatic nitrogens is 1. The Morgan fingerprint density at radius 3 is 2.68 bits per heavy atom. The number of benzene rings is 1. The van der Waals surface area contributed by atoms with E-state index < -0.39 is 0 Å². The molecule has 25 heavy (non-hydrogen) atoms. The zero-order valence-corrected chi connectivity index (χ0v) is 15.1. The van der Waals surface area contributed by atoms with Gasteiger partial charge in [0.2, 0.25) is 11.8 Å². The fourth-order valence-corrected chi connectivity index (χ4v) is 3.29. The van der Waals surface area contributed by atoms with Crippen LogP contribution >= 0.6 is 0 Å². The minimum Gasteiger partial charge on any atom is -0.441 e. The monoisotopic (exact) mass is 341 g/mol. The van der Waals surface area contributed by atoms with Gasteiger partial charge in [-0.15, -0.1) is 0 Å². The average molecular weight is 341 g/mol. The summed E-state index contributed by atoms with van der Waals surface area (Å²) in [5, 5.41) is 3.40. The molecule has 0 unspecified atom stereocenters. The van der Waals surface area contributed by atoms with E-state index in [1.165, 1.54) is 0 Å². The summed E-state index contributed by atoms with van der Waals surface area (Å²) in [5.41, 5.74) is 1.69. The van der Waals surface area contributed by atoms with E-state index in [0.717, 1.165) is 56.0 Å². The van der Waals surface area contributed by atoms with Crippen molar-refractivity contribution in [3.8, 4) is 11.5 Å². The average Bonchev–Trinajstić information content (AvgIpc) is 3.01. The van der Waals surface area contributed by atoms with Crippen molar-refractivity contribution >= 4 is 5.91 Å². The summed E-state index contributed by atoms with van der Waals surface area (Å²) in [6.07, 6.45) is 2.47. The third-order valence-corrected chi connectivity index (χ3v) is 4.88. The molecule has 1 saturated heterocycles. The van der Waals surface area contributed by atoms with Crippen molar-refractivity contribution in [1.29, 1.82) is 0 Å². The lowest BCUT2D eigenvalue weighted by atomic mass is 9.96. The van der Waals surface area contributed by atoms with E-state index in [1.54, 1.807) is 0 Å². The molecule has 0 aliphatic carbocycles. The second-order valence-corrected chi connectivity index (χ2v) is 6.70. The number of nitrogens with one attached hydrogen (secondary N) is 1. The zero-order chi connectivity index (χ0) is 17.6. The first kappa shape index (κ1) is 17.7. The minimum absolute atomic E-state index is 0.151. The Morgan fingerprint density at radius 1 is 1.28 bits per heavy atom. The lowest BCUT2D eigenvalue weighted by Crippen LogP contribution is -2.41. The Labute approximate surface area is 149 Å². The van der Waals surface area contributed by atoms with Crippen molar-refractivity contribution in [3.63, 3.8) is 0 Å². The number of hydrogen-bond donors (Lipinski definition) is 1. The van der Waals surface area contributed by atoms with Crippen LogP contribution in [0.5, 0.6) is 0 Å². The maximum Gasteiger partial charge on any atom is 0.228 e. The summed E-state index contributed by atoms with van der Waals surface area (Å²) in [4.78, 5) is 19.1. The van der Waals surface area contributed by atoms with Gasteiger partial charge in [-0.3, -0.25) is 4.79 Å². The summed E-state index contributed by atoms with van der Waals surface area (Å²) in [5.74, 6) is 2.15. The summed E-state index contributed by atoms with van der Waals surface area (Å²) < 4.78 is 5.76. The van der Waals surface area contributed by atoms with E-state index >= 15 is 0 Å². The standard InChI is InChI=1S/C20H27N3O2/c1-3-21-14-16-9-11-23(12-10-16)19(24)13-18-15(2)25-20(22-18)17-7-5-4-6-8-17/h4-8,16,21H,3,9-14H2,1-2H3. The highest BCUT2D eigenvalue weighted by Crippen LogP contribution is 2.23. The van der Waals surface area contributed by atoms with Gasteiger partial charge in [0, 0.05) is 18.7 Å². The van der Waals surface area contributed by atoms with E-state index in [9.17, 15) is 4.79 Å². The molecule has 134 valence electrons. The Balaban J connectivity index is 1.58. The minimum atomic E-state index is 0.151. The topological polar surface area (TPSA) is 58.4 Å². The van der Waals surface area contributed by atoms with Gasteiger partial charge in [-0.25, -0.2) is 4.98 Å². The Kier molecular flexibility index (Phi) is 5.87. The number of piperidine rings is 1. The van der Waals surface area contributed by atoms with Crippen molar-refractivity contribution in [2.45, 2.75) is 33.1 Å². The smallest absolute Gasteiger partial charge is 0.228 e. The Hall–Kier alpha value is -2.14. The first-order valence-electron chi connectivity index (χ1n) is 9.17. The maximum absolute atomic E-state index is 12.6. The van der Waals surface area contributed by atoms with Crippen LogP contribution in [0, 0.1) is 12.8 Å². The molecule has 0 spiro atoms. The van der Waals surface area contributed by atoms with E-state index in [-0.39, 0.29) is 5.91 Å². The van der Waals surface area contributed by atoms with Crippen LogP contribution < -0.4 is 5.32 Å². The second kappa shape index (κ2) is 8.30. The highest BCUT2D eigenvalue weighted by molar-refractivity contribution is 5.78. The quantitative estimate of drug-likeness (QED) is 0.877. The molecule has 0 bridgehead atoms. The fourth-order valence-electron chi connectivity index (χ4n) is 3.29. The summed E-state index contributed by atoms with van der Waals surface area (Å²) in [7, 11) is 0. The zero-order valence-electron chi connectivity index (χ0n) is 15.1. The summed E-state index contributed by atoms with van der Waals surface area (Å²) >= 11 is 0. The van der Waals surface area contributed by atoms with Crippen LogP contribution in [0.15, 0.2) is 34.7 Å². The van der Waals surface area contributed by atoms with Crippen LogP contribution in [0.2, 0.25) is 0 Å². The largest absolute Gasteiger partial charge is 0.441 e. The number of carbonyl (C=O) groups excluding carboxylic acids is 1. The number of nitrogens with zero attached hydrogens (tertiary/aromatic N) is 2. The number of likely N-dealkylation sites (tertiary alicyclic amines) is 1. The van der Waals surface area contributed by atoms with Gasteiger partial charge in [-0.05, 0) is 50.9 Å². The van der Waals surface area contributed by atoms with Gasteiger partial charge in [-0.1, -0.05) is 25.1 Å². The van der Waals surface area contributed by atoms with Gasteiger partial charge in [0.05, 0.1) is 12.1 Å². The lowest BCUT2D eigenvalue weighted by molar-refractivity contribution is -0.131. The van der Waals surface area contributed by atoms with Crippen LogP contribution in [-0.2, 0) is 11.2 Å². The molecule has 1 aliphatic heterocycles. The molecule has 5 heteroatoms. The van der Waals surface area contributed by atoms with Crippen molar-refractivity contribution in [1.82, 2.24) is 15.2 Å². The third-order valence-electron chi connectivity index (χ3n) is 4.88. The maximum atomic E-state index is 12.6. The molecule has 1 fully saturated rings. The SMILES string of the molecule is CCNCC1CCN(C(=O)Cc2nc(-c3ccccc3)oc2C)CC1. The number of hydrogen-bond acceptors (Lipinski definition) is 4. The first-order chi connectivity index (χ1) is 12.2.